The molecule has 0 fully saturated rings. The number of hydrogen-bond donors (Lipinski definition) is 1. The van der Waals surface area contributed by atoms with E-state index >= 15 is 0 Å². The lowest BCUT2D eigenvalue weighted by Gasteiger charge is -2.18. The molecule has 4 rings (SSSR count). The van der Waals surface area contributed by atoms with Crippen molar-refractivity contribution in [1.29, 1.82) is 0 Å². The van der Waals surface area contributed by atoms with Crippen LogP contribution < -0.4 is 5.32 Å². The largest absolute Gasteiger partial charge is 0.352 e. The zero-order valence-corrected chi connectivity index (χ0v) is 24.6. The van der Waals surface area contributed by atoms with Gasteiger partial charge in [-0.2, -0.15) is 0 Å². The van der Waals surface area contributed by atoms with Crippen LogP contribution in [0.25, 0.3) is 21.9 Å². The Morgan fingerprint density at radius 2 is 1.59 bits per heavy atom. The van der Waals surface area contributed by atoms with Gasteiger partial charge in [-0.15, -0.1) is 0 Å². The summed E-state index contributed by atoms with van der Waals surface area (Å²) in [5, 5.41) is 4.25. The zero-order valence-electron chi connectivity index (χ0n) is 24.6. The molecular formula is C34H46N4O. The van der Waals surface area contributed by atoms with Crippen LogP contribution in [0.3, 0.4) is 0 Å². The van der Waals surface area contributed by atoms with E-state index < -0.39 is 0 Å². The Morgan fingerprint density at radius 3 is 2.31 bits per heavy atom. The molecule has 2 aromatic heterocycles. The molecule has 1 amide bonds. The number of unbranched alkanes of at least 4 members (excludes halogenated alkanes) is 4. The summed E-state index contributed by atoms with van der Waals surface area (Å²) < 4.78 is 2.42. The number of carbonyl (C=O) groups excluding carboxylic acids is 1. The lowest BCUT2D eigenvalue weighted by molar-refractivity contribution is -0.121. The summed E-state index contributed by atoms with van der Waals surface area (Å²) in [4.78, 5) is 22.5. The average Bonchev–Trinajstić information content (AvgIpc) is 3.27. The average molecular weight is 527 g/mol. The minimum Gasteiger partial charge on any atom is -0.352 e. The van der Waals surface area contributed by atoms with Crippen LogP contribution in [0.5, 0.6) is 0 Å². The Kier molecular flexibility index (Phi) is 9.77. The summed E-state index contributed by atoms with van der Waals surface area (Å²) in [6.45, 7) is 12.6. The van der Waals surface area contributed by atoms with Crippen LogP contribution in [-0.2, 0) is 30.7 Å². The van der Waals surface area contributed by atoms with E-state index in [0.717, 1.165) is 73.2 Å². The fourth-order valence-corrected chi connectivity index (χ4v) is 5.21. The second-order valence-electron chi connectivity index (χ2n) is 12.1. The van der Waals surface area contributed by atoms with Gasteiger partial charge in [0.25, 0.3) is 0 Å². The van der Waals surface area contributed by atoms with Crippen molar-refractivity contribution in [2.75, 3.05) is 0 Å². The van der Waals surface area contributed by atoms with Crippen molar-refractivity contribution in [3.05, 3.63) is 71.2 Å². The van der Waals surface area contributed by atoms with Gasteiger partial charge in [0.2, 0.25) is 5.91 Å². The molecule has 0 saturated heterocycles. The second-order valence-corrected chi connectivity index (χ2v) is 12.1. The molecule has 0 bridgehead atoms. The molecule has 2 aromatic carbocycles. The Morgan fingerprint density at radius 1 is 0.872 bits per heavy atom. The smallest absolute Gasteiger partial charge is 0.220 e. The number of para-hydroxylation sites is 1. The monoisotopic (exact) mass is 526 g/mol. The predicted octanol–water partition coefficient (Wildman–Crippen LogP) is 8.15. The summed E-state index contributed by atoms with van der Waals surface area (Å²) in [5.74, 6) is 1.28. The molecule has 0 radical (unpaired) electrons. The van der Waals surface area contributed by atoms with Crippen molar-refractivity contribution in [3.8, 4) is 0 Å². The predicted molar refractivity (Wildman–Crippen MR) is 163 cm³/mol. The molecule has 5 heteroatoms. The number of pyridine rings is 1. The molecule has 39 heavy (non-hydrogen) atoms. The van der Waals surface area contributed by atoms with E-state index in [9.17, 15) is 4.79 Å². The molecule has 0 unspecified atom stereocenters. The maximum atomic E-state index is 12.2. The van der Waals surface area contributed by atoms with E-state index in [4.69, 9.17) is 9.97 Å². The summed E-state index contributed by atoms with van der Waals surface area (Å²) >= 11 is 0. The van der Waals surface area contributed by atoms with Gasteiger partial charge < -0.3 is 9.88 Å². The second kappa shape index (κ2) is 13.2. The lowest BCUT2D eigenvalue weighted by atomic mass is 9.89. The van der Waals surface area contributed by atoms with Crippen LogP contribution >= 0.6 is 0 Å². The highest BCUT2D eigenvalue weighted by atomic mass is 16.1. The zero-order chi connectivity index (χ0) is 27.8. The molecule has 4 aromatic rings. The number of hydrogen-bond acceptors (Lipinski definition) is 3. The number of fused-ring (bicyclic) bond motifs is 3. The van der Waals surface area contributed by atoms with Gasteiger partial charge in [-0.3, -0.25) is 9.78 Å². The van der Waals surface area contributed by atoms with Gasteiger partial charge in [-0.05, 0) is 41.9 Å². The van der Waals surface area contributed by atoms with Crippen molar-refractivity contribution < 1.29 is 4.79 Å². The van der Waals surface area contributed by atoms with Gasteiger partial charge in [-0.1, -0.05) is 103 Å². The highest BCUT2D eigenvalue weighted by molar-refractivity contribution is 6.03. The van der Waals surface area contributed by atoms with Gasteiger partial charge in [-0.25, -0.2) is 4.98 Å². The third kappa shape index (κ3) is 7.68. The first-order valence-corrected chi connectivity index (χ1v) is 14.9. The number of aromatic nitrogens is 3. The first kappa shape index (κ1) is 28.8. The number of nitrogens with one attached hydrogen (secondary N) is 1. The summed E-state index contributed by atoms with van der Waals surface area (Å²) in [6.07, 6.45) is 9.20. The molecule has 208 valence electrons. The number of rotatable bonds is 13. The van der Waals surface area contributed by atoms with Crippen molar-refractivity contribution >= 4 is 27.8 Å². The van der Waals surface area contributed by atoms with E-state index in [1.54, 1.807) is 0 Å². The number of benzene rings is 2. The maximum Gasteiger partial charge on any atom is 0.220 e. The minimum absolute atomic E-state index is 0.122. The fourth-order valence-electron chi connectivity index (χ4n) is 5.21. The molecule has 2 heterocycles. The molecule has 0 aliphatic rings. The summed E-state index contributed by atoms with van der Waals surface area (Å²) in [5.41, 5.74) is 6.86. The van der Waals surface area contributed by atoms with E-state index in [-0.39, 0.29) is 11.3 Å². The van der Waals surface area contributed by atoms with Crippen LogP contribution in [0.1, 0.15) is 102 Å². The van der Waals surface area contributed by atoms with Crippen LogP contribution in [0.15, 0.2) is 48.5 Å². The minimum atomic E-state index is 0.122. The van der Waals surface area contributed by atoms with Crippen LogP contribution in [-0.4, -0.2) is 20.4 Å². The van der Waals surface area contributed by atoms with Crippen LogP contribution in [0, 0.1) is 5.41 Å². The van der Waals surface area contributed by atoms with E-state index in [1.165, 1.54) is 29.3 Å². The lowest BCUT2D eigenvalue weighted by Crippen LogP contribution is -2.22. The topological polar surface area (TPSA) is 59.8 Å². The normalized spacial score (nSPS) is 11.9. The van der Waals surface area contributed by atoms with Gasteiger partial charge in [0, 0.05) is 31.3 Å². The highest BCUT2D eigenvalue weighted by Gasteiger charge is 2.22. The van der Waals surface area contributed by atoms with E-state index in [2.05, 4.69) is 93.0 Å². The number of amides is 1. The first-order chi connectivity index (χ1) is 18.8. The van der Waals surface area contributed by atoms with Gasteiger partial charge >= 0.3 is 0 Å². The molecule has 0 aliphatic carbocycles. The number of imidazole rings is 1. The standard InChI is InChI=1S/C34H46N4O/c1-6-8-10-11-17-31(39)35-23-25-18-20-26(21-19-25)24-38-30(16-9-7-2)37-32-29(22-34(3,4)5)36-28-15-13-12-14-27(28)33(32)38/h12-15,18-21H,6-11,16-17,22-24H2,1-5H3,(H,35,39). The number of nitrogens with zero attached hydrogens (tertiary/aromatic N) is 3. The molecular weight excluding hydrogens is 480 g/mol. The van der Waals surface area contributed by atoms with Crippen molar-refractivity contribution in [2.45, 2.75) is 105 Å². The van der Waals surface area contributed by atoms with E-state index in [1.807, 2.05) is 0 Å². The Labute approximate surface area is 234 Å². The molecule has 0 saturated carbocycles. The van der Waals surface area contributed by atoms with Crippen LogP contribution in [0.4, 0.5) is 0 Å². The number of carbonyl (C=O) groups is 1. The van der Waals surface area contributed by atoms with Gasteiger partial charge in [0.05, 0.1) is 16.7 Å². The van der Waals surface area contributed by atoms with E-state index in [0.29, 0.717) is 13.0 Å². The van der Waals surface area contributed by atoms with Crippen molar-refractivity contribution in [3.63, 3.8) is 0 Å². The van der Waals surface area contributed by atoms with Crippen molar-refractivity contribution in [1.82, 2.24) is 19.9 Å². The molecule has 1 N–H and O–H groups in total. The Balaban J connectivity index is 1.61. The quantitative estimate of drug-likeness (QED) is 0.179. The first-order valence-electron chi connectivity index (χ1n) is 14.9. The number of aryl methyl sites for hydroxylation is 1. The Bertz CT molecular complexity index is 1380. The Hall–Kier alpha value is -3.21. The van der Waals surface area contributed by atoms with Crippen LogP contribution in [0.2, 0.25) is 0 Å². The van der Waals surface area contributed by atoms with Gasteiger partial charge in [0.15, 0.2) is 0 Å². The molecule has 5 nitrogen and oxygen atoms in total. The summed E-state index contributed by atoms with van der Waals surface area (Å²) in [7, 11) is 0. The molecule has 0 aliphatic heterocycles. The molecule has 0 atom stereocenters. The third-order valence-corrected chi connectivity index (χ3v) is 7.30. The molecule has 0 spiro atoms. The fraction of sp³-hybridized carbons (Fsp3) is 0.500. The summed E-state index contributed by atoms with van der Waals surface area (Å²) in [6, 6.07) is 17.1. The highest BCUT2D eigenvalue weighted by Crippen LogP contribution is 2.32. The third-order valence-electron chi connectivity index (χ3n) is 7.30. The van der Waals surface area contributed by atoms with Crippen molar-refractivity contribution in [2.24, 2.45) is 5.41 Å². The van der Waals surface area contributed by atoms with Gasteiger partial charge in [0.1, 0.15) is 11.3 Å². The SMILES string of the molecule is CCCCCCC(=O)NCc1ccc(Cn2c(CCCC)nc3c(CC(C)(C)C)nc4ccccc4c32)cc1. The maximum absolute atomic E-state index is 12.2.